The van der Waals surface area contributed by atoms with E-state index < -0.39 is 23.0 Å². The summed E-state index contributed by atoms with van der Waals surface area (Å²) in [6.07, 6.45) is 1.34. The summed E-state index contributed by atoms with van der Waals surface area (Å²) in [5.74, 6) is -1.83. The predicted molar refractivity (Wildman–Crippen MR) is 58.1 cm³/mol. The zero-order valence-corrected chi connectivity index (χ0v) is 9.30. The molecule has 0 radical (unpaired) electrons. The molecule has 0 spiro atoms. The Hall–Kier alpha value is -2.22. The molecule has 1 amide bonds. The molecule has 1 atom stereocenters. The molecule has 3 N–H and O–H groups in total. The molecule has 0 saturated carbocycles. The lowest BCUT2D eigenvalue weighted by molar-refractivity contribution is -0.144. The molecule has 2 rings (SSSR count). The Labute approximate surface area is 101 Å². The SMILES string of the molecule is O=C(N[C@@]1(C(=O)O)CCOC1)c1cn[nH]c(=O)c1. The lowest BCUT2D eigenvalue weighted by atomic mass is 9.98. The zero-order valence-electron chi connectivity index (χ0n) is 9.30. The summed E-state index contributed by atoms with van der Waals surface area (Å²) in [6.45, 7) is 0.172. The minimum absolute atomic E-state index is 0.00581. The zero-order chi connectivity index (χ0) is 13.2. The van der Waals surface area contributed by atoms with Gasteiger partial charge in [-0.05, 0) is 0 Å². The van der Waals surface area contributed by atoms with E-state index in [4.69, 9.17) is 9.84 Å². The topological polar surface area (TPSA) is 121 Å². The Morgan fingerprint density at radius 3 is 2.89 bits per heavy atom. The highest BCUT2D eigenvalue weighted by atomic mass is 16.5. The van der Waals surface area contributed by atoms with Gasteiger partial charge in [-0.25, -0.2) is 9.89 Å². The molecule has 18 heavy (non-hydrogen) atoms. The van der Waals surface area contributed by atoms with Crippen molar-refractivity contribution in [3.05, 3.63) is 28.2 Å². The van der Waals surface area contributed by atoms with Crippen molar-refractivity contribution in [3.63, 3.8) is 0 Å². The van der Waals surface area contributed by atoms with E-state index in [1.54, 1.807) is 0 Å². The quantitative estimate of drug-likeness (QED) is 0.618. The van der Waals surface area contributed by atoms with Gasteiger partial charge in [0, 0.05) is 19.1 Å². The second kappa shape index (κ2) is 4.57. The van der Waals surface area contributed by atoms with Gasteiger partial charge in [0.2, 0.25) is 0 Å². The fourth-order valence-electron chi connectivity index (χ4n) is 1.68. The summed E-state index contributed by atoms with van der Waals surface area (Å²) < 4.78 is 5.00. The first-order chi connectivity index (χ1) is 8.53. The third-order valence-corrected chi connectivity index (χ3v) is 2.71. The molecule has 0 bridgehead atoms. The number of amides is 1. The summed E-state index contributed by atoms with van der Waals surface area (Å²) in [5.41, 5.74) is -1.96. The average molecular weight is 253 g/mol. The number of carboxylic acid groups (broad SMARTS) is 1. The first-order valence-corrected chi connectivity index (χ1v) is 5.22. The standard InChI is InChI=1S/C10H11N3O5/c14-7-3-6(4-11-13-7)8(15)12-10(9(16)17)1-2-18-5-10/h3-4H,1-2,5H2,(H,12,15)(H,13,14)(H,16,17)/t10-/m0/s1. The highest BCUT2D eigenvalue weighted by molar-refractivity contribution is 5.97. The number of nitrogens with one attached hydrogen (secondary N) is 2. The molecule has 1 saturated heterocycles. The van der Waals surface area contributed by atoms with Gasteiger partial charge in [0.05, 0.1) is 18.4 Å². The number of carbonyl (C=O) groups is 2. The molecule has 1 fully saturated rings. The van der Waals surface area contributed by atoms with E-state index in [2.05, 4.69) is 15.5 Å². The van der Waals surface area contributed by atoms with Crippen LogP contribution in [0.3, 0.4) is 0 Å². The van der Waals surface area contributed by atoms with Gasteiger partial charge >= 0.3 is 5.97 Å². The first kappa shape index (κ1) is 12.2. The predicted octanol–water partition coefficient (Wildman–Crippen LogP) is -1.26. The van der Waals surface area contributed by atoms with Crippen molar-refractivity contribution in [2.45, 2.75) is 12.0 Å². The van der Waals surface area contributed by atoms with E-state index in [9.17, 15) is 14.4 Å². The maximum absolute atomic E-state index is 11.8. The molecule has 1 aromatic heterocycles. The Morgan fingerprint density at radius 2 is 2.33 bits per heavy atom. The summed E-state index contributed by atoms with van der Waals surface area (Å²) in [7, 11) is 0. The lowest BCUT2D eigenvalue weighted by Crippen LogP contribution is -2.55. The second-order valence-corrected chi connectivity index (χ2v) is 3.98. The van der Waals surface area contributed by atoms with E-state index in [0.29, 0.717) is 0 Å². The molecule has 1 aliphatic rings. The minimum Gasteiger partial charge on any atom is -0.479 e. The van der Waals surface area contributed by atoms with Crippen LogP contribution in [0.25, 0.3) is 0 Å². The Balaban J connectivity index is 2.20. The van der Waals surface area contributed by atoms with E-state index in [1.807, 2.05) is 0 Å². The van der Waals surface area contributed by atoms with Crippen molar-refractivity contribution >= 4 is 11.9 Å². The number of H-pyrrole nitrogens is 1. The Kier molecular flexibility index (Phi) is 3.11. The molecule has 1 aromatic rings. The molecule has 2 heterocycles. The van der Waals surface area contributed by atoms with Gasteiger partial charge in [-0.15, -0.1) is 0 Å². The molecule has 0 aromatic carbocycles. The smallest absolute Gasteiger partial charge is 0.331 e. The second-order valence-electron chi connectivity index (χ2n) is 3.98. The minimum atomic E-state index is -1.43. The van der Waals surface area contributed by atoms with Crippen molar-refractivity contribution < 1.29 is 19.4 Å². The van der Waals surface area contributed by atoms with Crippen LogP contribution in [0, 0.1) is 0 Å². The number of carboxylic acids is 1. The van der Waals surface area contributed by atoms with Crippen LogP contribution in [0.2, 0.25) is 0 Å². The molecular formula is C10H11N3O5. The maximum Gasteiger partial charge on any atom is 0.331 e. The number of hydrogen-bond acceptors (Lipinski definition) is 5. The van der Waals surface area contributed by atoms with Crippen molar-refractivity contribution in [1.82, 2.24) is 15.5 Å². The first-order valence-electron chi connectivity index (χ1n) is 5.22. The van der Waals surface area contributed by atoms with Crippen LogP contribution >= 0.6 is 0 Å². The number of hydrogen-bond donors (Lipinski definition) is 3. The van der Waals surface area contributed by atoms with Gasteiger partial charge in [-0.1, -0.05) is 0 Å². The molecule has 1 aliphatic heterocycles. The summed E-state index contributed by atoms with van der Waals surface area (Å²) in [5, 5.41) is 17.1. The fraction of sp³-hybridized carbons (Fsp3) is 0.400. The van der Waals surface area contributed by atoms with Gasteiger partial charge in [-0.2, -0.15) is 5.10 Å². The number of aliphatic carboxylic acids is 1. The van der Waals surface area contributed by atoms with Crippen LogP contribution in [0.1, 0.15) is 16.8 Å². The normalized spacial score (nSPS) is 22.7. The van der Waals surface area contributed by atoms with E-state index in [1.165, 1.54) is 0 Å². The maximum atomic E-state index is 11.8. The van der Waals surface area contributed by atoms with Crippen molar-refractivity contribution in [1.29, 1.82) is 0 Å². The van der Waals surface area contributed by atoms with Gasteiger partial charge in [0.1, 0.15) is 0 Å². The molecule has 96 valence electrons. The number of aromatic amines is 1. The number of rotatable bonds is 3. The fourth-order valence-corrected chi connectivity index (χ4v) is 1.68. The van der Waals surface area contributed by atoms with Crippen LogP contribution < -0.4 is 10.9 Å². The van der Waals surface area contributed by atoms with Crippen LogP contribution in [-0.4, -0.2) is 45.9 Å². The van der Waals surface area contributed by atoms with Gasteiger partial charge in [-0.3, -0.25) is 9.59 Å². The van der Waals surface area contributed by atoms with Crippen molar-refractivity contribution in [3.8, 4) is 0 Å². The molecule has 0 aliphatic carbocycles. The van der Waals surface area contributed by atoms with Crippen molar-refractivity contribution in [2.75, 3.05) is 13.2 Å². The summed E-state index contributed by atoms with van der Waals surface area (Å²) in [4.78, 5) is 34.0. The third kappa shape index (κ3) is 2.23. The molecule has 0 unspecified atom stereocenters. The third-order valence-electron chi connectivity index (χ3n) is 2.71. The monoisotopic (exact) mass is 253 g/mol. The van der Waals surface area contributed by atoms with Crippen molar-refractivity contribution in [2.24, 2.45) is 0 Å². The Morgan fingerprint density at radius 1 is 1.56 bits per heavy atom. The molecule has 8 heteroatoms. The summed E-state index contributed by atoms with van der Waals surface area (Å²) in [6, 6.07) is 1.05. The van der Waals surface area contributed by atoms with Crippen LogP contribution in [0.4, 0.5) is 0 Å². The lowest BCUT2D eigenvalue weighted by Gasteiger charge is -2.23. The number of aromatic nitrogens is 2. The van der Waals surface area contributed by atoms with E-state index in [-0.39, 0.29) is 25.2 Å². The largest absolute Gasteiger partial charge is 0.479 e. The van der Waals surface area contributed by atoms with E-state index >= 15 is 0 Å². The molecule has 8 nitrogen and oxygen atoms in total. The van der Waals surface area contributed by atoms with Crippen LogP contribution in [0.15, 0.2) is 17.1 Å². The molecular weight excluding hydrogens is 242 g/mol. The van der Waals surface area contributed by atoms with Crippen LogP contribution in [-0.2, 0) is 9.53 Å². The Bertz CT molecular complexity index is 532. The average Bonchev–Trinajstić information content (AvgIpc) is 2.79. The van der Waals surface area contributed by atoms with Gasteiger partial charge < -0.3 is 15.2 Å². The van der Waals surface area contributed by atoms with Crippen LogP contribution in [0.5, 0.6) is 0 Å². The number of carbonyl (C=O) groups excluding carboxylic acids is 1. The number of ether oxygens (including phenoxy) is 1. The van der Waals surface area contributed by atoms with E-state index in [0.717, 1.165) is 12.3 Å². The summed E-state index contributed by atoms with van der Waals surface area (Å²) >= 11 is 0. The highest BCUT2D eigenvalue weighted by Gasteiger charge is 2.44. The van der Waals surface area contributed by atoms with Gasteiger partial charge in [0.15, 0.2) is 5.54 Å². The number of nitrogens with zero attached hydrogens (tertiary/aromatic N) is 1. The van der Waals surface area contributed by atoms with Gasteiger partial charge in [0.25, 0.3) is 11.5 Å². The highest BCUT2D eigenvalue weighted by Crippen LogP contribution is 2.19.